The minimum absolute atomic E-state index is 0.0932. The standard InChI is InChI=1S/C4H5NO2S/c6-2-3-1-4(8)7-5-3/h1,6,8H,2H2. The van der Waals surface area contributed by atoms with Crippen LogP contribution in [0.4, 0.5) is 0 Å². The highest BCUT2D eigenvalue weighted by atomic mass is 32.1. The number of nitrogens with zero attached hydrogens (tertiary/aromatic N) is 1. The fourth-order valence-electron chi connectivity index (χ4n) is 0.375. The zero-order valence-corrected chi connectivity index (χ0v) is 4.93. The van der Waals surface area contributed by atoms with Gasteiger partial charge in [-0.3, -0.25) is 0 Å². The molecule has 0 amide bonds. The molecular formula is C4H5NO2S. The topological polar surface area (TPSA) is 46.3 Å². The van der Waals surface area contributed by atoms with Crippen LogP contribution in [0.3, 0.4) is 0 Å². The molecule has 0 aliphatic heterocycles. The Bertz CT molecular complexity index is 174. The Balaban J connectivity index is 2.84. The molecule has 0 atom stereocenters. The zero-order chi connectivity index (χ0) is 5.98. The summed E-state index contributed by atoms with van der Waals surface area (Å²) >= 11 is 3.82. The highest BCUT2D eigenvalue weighted by molar-refractivity contribution is 7.80. The third-order valence-electron chi connectivity index (χ3n) is 0.709. The van der Waals surface area contributed by atoms with Crippen LogP contribution in [-0.4, -0.2) is 10.3 Å². The van der Waals surface area contributed by atoms with Crippen molar-refractivity contribution in [1.29, 1.82) is 0 Å². The van der Waals surface area contributed by atoms with Gasteiger partial charge in [-0.25, -0.2) is 0 Å². The Morgan fingerprint density at radius 2 is 2.62 bits per heavy atom. The fraction of sp³-hybridized carbons (Fsp3) is 0.250. The Kier molecular flexibility index (Phi) is 1.55. The van der Waals surface area contributed by atoms with Crippen LogP contribution in [0.15, 0.2) is 15.7 Å². The van der Waals surface area contributed by atoms with Gasteiger partial charge in [0.15, 0.2) is 5.09 Å². The summed E-state index contributed by atoms with van der Waals surface area (Å²) in [4.78, 5) is 0. The first-order chi connectivity index (χ1) is 3.83. The van der Waals surface area contributed by atoms with Gasteiger partial charge in [0.25, 0.3) is 0 Å². The predicted octanol–water partition coefficient (Wildman–Crippen LogP) is 0.456. The van der Waals surface area contributed by atoms with Crippen LogP contribution in [0.1, 0.15) is 5.69 Å². The number of aliphatic hydroxyl groups excluding tert-OH is 1. The van der Waals surface area contributed by atoms with Crippen molar-refractivity contribution < 1.29 is 9.63 Å². The summed E-state index contributed by atoms with van der Waals surface area (Å²) in [5.74, 6) is 0. The van der Waals surface area contributed by atoms with Gasteiger partial charge in [-0.05, 0) is 0 Å². The normalized spacial score (nSPS) is 9.75. The molecule has 1 N–H and O–H groups in total. The predicted molar refractivity (Wildman–Crippen MR) is 29.7 cm³/mol. The molecule has 8 heavy (non-hydrogen) atoms. The van der Waals surface area contributed by atoms with Crippen molar-refractivity contribution in [3.63, 3.8) is 0 Å². The van der Waals surface area contributed by atoms with Crippen molar-refractivity contribution in [3.05, 3.63) is 11.8 Å². The second kappa shape index (κ2) is 2.19. The van der Waals surface area contributed by atoms with E-state index in [2.05, 4.69) is 22.3 Å². The molecule has 0 aliphatic rings. The van der Waals surface area contributed by atoms with Crippen molar-refractivity contribution in [3.8, 4) is 0 Å². The fourth-order valence-corrected chi connectivity index (χ4v) is 0.565. The number of aromatic nitrogens is 1. The monoisotopic (exact) mass is 131 g/mol. The molecule has 3 nitrogen and oxygen atoms in total. The molecule has 0 radical (unpaired) electrons. The molecule has 44 valence electrons. The Hall–Kier alpha value is -0.480. The van der Waals surface area contributed by atoms with Gasteiger partial charge in [0.05, 0.1) is 6.61 Å². The summed E-state index contributed by atoms with van der Waals surface area (Å²) in [6.07, 6.45) is 0. The molecule has 0 bridgehead atoms. The molecule has 0 aliphatic carbocycles. The van der Waals surface area contributed by atoms with Crippen molar-refractivity contribution in [2.24, 2.45) is 0 Å². The first kappa shape index (κ1) is 5.65. The van der Waals surface area contributed by atoms with Crippen LogP contribution in [0.2, 0.25) is 0 Å². The minimum atomic E-state index is -0.0932. The van der Waals surface area contributed by atoms with Crippen molar-refractivity contribution in [2.45, 2.75) is 11.7 Å². The van der Waals surface area contributed by atoms with Crippen LogP contribution in [0.25, 0.3) is 0 Å². The van der Waals surface area contributed by atoms with Crippen LogP contribution in [-0.2, 0) is 6.61 Å². The number of rotatable bonds is 1. The Morgan fingerprint density at radius 1 is 1.88 bits per heavy atom. The maximum absolute atomic E-state index is 8.39. The van der Waals surface area contributed by atoms with E-state index >= 15 is 0 Å². The van der Waals surface area contributed by atoms with E-state index in [0.717, 1.165) is 0 Å². The van der Waals surface area contributed by atoms with E-state index in [1.54, 1.807) is 6.07 Å². The maximum Gasteiger partial charge on any atom is 0.190 e. The van der Waals surface area contributed by atoms with E-state index in [1.807, 2.05) is 0 Å². The summed E-state index contributed by atoms with van der Waals surface area (Å²) in [5.41, 5.74) is 0.509. The second-order valence-electron chi connectivity index (χ2n) is 1.31. The van der Waals surface area contributed by atoms with Crippen LogP contribution in [0.5, 0.6) is 0 Å². The van der Waals surface area contributed by atoms with Crippen molar-refractivity contribution in [1.82, 2.24) is 5.16 Å². The second-order valence-corrected chi connectivity index (χ2v) is 1.76. The molecule has 4 heteroatoms. The number of aliphatic hydroxyl groups is 1. The molecule has 0 fully saturated rings. The summed E-state index contributed by atoms with van der Waals surface area (Å²) in [6, 6.07) is 1.56. The van der Waals surface area contributed by atoms with Crippen LogP contribution < -0.4 is 0 Å². The molecule has 0 unspecified atom stereocenters. The van der Waals surface area contributed by atoms with E-state index < -0.39 is 0 Å². The lowest BCUT2D eigenvalue weighted by atomic mass is 10.5. The van der Waals surface area contributed by atoms with Gasteiger partial charge < -0.3 is 9.63 Å². The summed E-state index contributed by atoms with van der Waals surface area (Å²) < 4.78 is 4.51. The van der Waals surface area contributed by atoms with Crippen molar-refractivity contribution >= 4 is 12.6 Å². The lowest BCUT2D eigenvalue weighted by Crippen LogP contribution is -1.77. The lowest BCUT2D eigenvalue weighted by Gasteiger charge is -1.75. The first-order valence-electron chi connectivity index (χ1n) is 2.08. The Labute approximate surface area is 51.7 Å². The maximum atomic E-state index is 8.39. The number of hydrogen-bond acceptors (Lipinski definition) is 4. The highest BCUT2D eigenvalue weighted by Crippen LogP contribution is 2.05. The Morgan fingerprint density at radius 3 is 2.88 bits per heavy atom. The van der Waals surface area contributed by atoms with E-state index in [9.17, 15) is 0 Å². The molecule has 1 heterocycles. The zero-order valence-electron chi connectivity index (χ0n) is 4.03. The van der Waals surface area contributed by atoms with Gasteiger partial charge in [-0.2, -0.15) is 0 Å². The lowest BCUT2D eigenvalue weighted by molar-refractivity contribution is 0.262. The summed E-state index contributed by atoms with van der Waals surface area (Å²) in [5, 5.41) is 12.3. The van der Waals surface area contributed by atoms with Gasteiger partial charge in [-0.1, -0.05) is 5.16 Å². The highest BCUT2D eigenvalue weighted by Gasteiger charge is 1.95. The van der Waals surface area contributed by atoms with E-state index in [-0.39, 0.29) is 6.61 Å². The van der Waals surface area contributed by atoms with Gasteiger partial charge >= 0.3 is 0 Å². The molecule has 0 saturated carbocycles. The third kappa shape index (κ3) is 1.02. The SMILES string of the molecule is OCc1cc(S)on1. The molecular weight excluding hydrogens is 126 g/mol. The van der Waals surface area contributed by atoms with E-state index in [0.29, 0.717) is 10.8 Å². The third-order valence-corrected chi connectivity index (χ3v) is 0.919. The average Bonchev–Trinajstić information content (AvgIpc) is 2.14. The largest absolute Gasteiger partial charge is 0.390 e. The van der Waals surface area contributed by atoms with Crippen LogP contribution in [0, 0.1) is 0 Å². The molecule has 1 rings (SSSR count). The van der Waals surface area contributed by atoms with E-state index in [1.165, 1.54) is 0 Å². The van der Waals surface area contributed by atoms with Gasteiger partial charge in [0, 0.05) is 6.07 Å². The smallest absolute Gasteiger partial charge is 0.190 e. The molecule has 0 spiro atoms. The molecule has 1 aromatic rings. The molecule has 0 aromatic carbocycles. The van der Waals surface area contributed by atoms with Gasteiger partial charge in [0.1, 0.15) is 5.69 Å². The number of hydrogen-bond donors (Lipinski definition) is 2. The average molecular weight is 131 g/mol. The summed E-state index contributed by atoms with van der Waals surface area (Å²) in [6.45, 7) is -0.0932. The van der Waals surface area contributed by atoms with Gasteiger partial charge in [-0.15, -0.1) is 12.6 Å². The molecule has 1 aromatic heterocycles. The van der Waals surface area contributed by atoms with E-state index in [4.69, 9.17) is 5.11 Å². The number of thiol groups is 1. The first-order valence-corrected chi connectivity index (χ1v) is 2.53. The van der Waals surface area contributed by atoms with Crippen LogP contribution >= 0.6 is 12.6 Å². The summed E-state index contributed by atoms with van der Waals surface area (Å²) in [7, 11) is 0. The van der Waals surface area contributed by atoms with Gasteiger partial charge in [0.2, 0.25) is 0 Å². The quantitative estimate of drug-likeness (QED) is 0.544. The minimum Gasteiger partial charge on any atom is -0.390 e. The molecule has 0 saturated heterocycles. The van der Waals surface area contributed by atoms with Crippen molar-refractivity contribution in [2.75, 3.05) is 0 Å².